The monoisotopic (exact) mass is 331 g/mol. The van der Waals surface area contributed by atoms with Gasteiger partial charge in [-0.1, -0.05) is 18.2 Å². The molecular weight excluding hydrogens is 314 g/mol. The maximum Gasteiger partial charge on any atom is 0.419 e. The fourth-order valence-electron chi connectivity index (χ4n) is 2.17. The van der Waals surface area contributed by atoms with Crippen LogP contribution in [0.5, 0.6) is 5.75 Å². The maximum atomic E-state index is 12.1. The van der Waals surface area contributed by atoms with E-state index in [1.165, 1.54) is 13.8 Å². The minimum absolute atomic E-state index is 0.0726. The zero-order valence-corrected chi connectivity index (χ0v) is 13.5. The number of amides is 1. The number of para-hydroxylation sites is 1. The first-order valence-electron chi connectivity index (χ1n) is 7.29. The summed E-state index contributed by atoms with van der Waals surface area (Å²) in [5, 5.41) is 2.33. The van der Waals surface area contributed by atoms with Crippen molar-refractivity contribution in [2.24, 2.45) is 0 Å². The lowest BCUT2D eigenvalue weighted by Gasteiger charge is -2.06. The number of carbonyl (C=O) groups is 3. The van der Waals surface area contributed by atoms with Gasteiger partial charge in [-0.2, -0.15) is 0 Å². The Morgan fingerprint density at radius 1 is 1.12 bits per heavy atom. The molecule has 0 saturated heterocycles. The maximum absolute atomic E-state index is 12.1. The molecule has 7 heteroatoms. The van der Waals surface area contributed by atoms with Crippen molar-refractivity contribution in [3.05, 3.63) is 47.2 Å². The zero-order valence-electron chi connectivity index (χ0n) is 13.5. The van der Waals surface area contributed by atoms with Crippen LogP contribution in [0.2, 0.25) is 0 Å². The summed E-state index contributed by atoms with van der Waals surface area (Å²) in [7, 11) is 0. The average Bonchev–Trinajstić information content (AvgIpc) is 2.84. The standard InChI is InChI=1S/C17H17NO6/c1-4-22-16(20)14-13(10(2)19)11(3)23-15(14)18-17(21)24-12-8-6-5-7-9-12/h5-9H,4H2,1-3H3,(H,18,21). The van der Waals surface area contributed by atoms with Gasteiger partial charge < -0.3 is 13.9 Å². The van der Waals surface area contributed by atoms with Gasteiger partial charge >= 0.3 is 12.1 Å². The number of aryl methyl sites for hydroxylation is 1. The van der Waals surface area contributed by atoms with Crippen LogP contribution in [0.3, 0.4) is 0 Å². The second-order valence-corrected chi connectivity index (χ2v) is 4.84. The minimum atomic E-state index is -0.851. The van der Waals surface area contributed by atoms with Crippen molar-refractivity contribution in [1.29, 1.82) is 0 Å². The Bertz CT molecular complexity index is 763. The number of Topliss-reactive ketones (excluding diaryl/α,β-unsaturated/α-hetero) is 1. The number of hydrogen-bond acceptors (Lipinski definition) is 6. The number of benzene rings is 1. The largest absolute Gasteiger partial charge is 0.462 e. The number of ether oxygens (including phenoxy) is 2. The van der Waals surface area contributed by atoms with Gasteiger partial charge in [-0.25, -0.2) is 9.59 Å². The molecule has 0 bridgehead atoms. The van der Waals surface area contributed by atoms with Crippen LogP contribution in [0.1, 0.15) is 40.3 Å². The van der Waals surface area contributed by atoms with Crippen LogP contribution in [-0.2, 0) is 4.74 Å². The number of rotatable bonds is 5. The predicted molar refractivity (Wildman–Crippen MR) is 85.5 cm³/mol. The number of ketones is 1. The lowest BCUT2D eigenvalue weighted by Crippen LogP contribution is -2.19. The van der Waals surface area contributed by atoms with Crippen LogP contribution in [0.4, 0.5) is 10.7 Å². The fourth-order valence-corrected chi connectivity index (χ4v) is 2.17. The summed E-state index contributed by atoms with van der Waals surface area (Å²) in [5.74, 6) is -0.779. The smallest absolute Gasteiger partial charge is 0.419 e. The Hall–Kier alpha value is -3.09. The third-order valence-electron chi connectivity index (χ3n) is 3.09. The van der Waals surface area contributed by atoms with Crippen molar-refractivity contribution in [3.63, 3.8) is 0 Å². The predicted octanol–water partition coefficient (Wildman–Crippen LogP) is 3.58. The first kappa shape index (κ1) is 17.3. The van der Waals surface area contributed by atoms with Crippen molar-refractivity contribution in [3.8, 4) is 5.75 Å². The highest BCUT2D eigenvalue weighted by molar-refractivity contribution is 6.10. The second kappa shape index (κ2) is 7.45. The molecule has 0 aliphatic heterocycles. The second-order valence-electron chi connectivity index (χ2n) is 4.84. The molecule has 1 aromatic heterocycles. The van der Waals surface area contributed by atoms with Gasteiger partial charge in [-0.05, 0) is 32.9 Å². The normalized spacial score (nSPS) is 10.1. The molecular formula is C17H17NO6. The van der Waals surface area contributed by atoms with Crippen molar-refractivity contribution in [2.45, 2.75) is 20.8 Å². The van der Waals surface area contributed by atoms with E-state index in [-0.39, 0.29) is 35.2 Å². The Kier molecular flexibility index (Phi) is 5.36. The minimum Gasteiger partial charge on any atom is -0.462 e. The molecule has 1 N–H and O–H groups in total. The molecule has 0 saturated carbocycles. The third-order valence-corrected chi connectivity index (χ3v) is 3.09. The van der Waals surface area contributed by atoms with Crippen LogP contribution >= 0.6 is 0 Å². The van der Waals surface area contributed by atoms with E-state index in [4.69, 9.17) is 13.9 Å². The highest BCUT2D eigenvalue weighted by Crippen LogP contribution is 2.28. The summed E-state index contributed by atoms with van der Waals surface area (Å²) >= 11 is 0. The molecule has 0 radical (unpaired) electrons. The number of hydrogen-bond donors (Lipinski definition) is 1. The highest BCUT2D eigenvalue weighted by Gasteiger charge is 2.29. The van der Waals surface area contributed by atoms with E-state index >= 15 is 0 Å². The molecule has 0 spiro atoms. The van der Waals surface area contributed by atoms with Crippen LogP contribution in [0.15, 0.2) is 34.7 Å². The number of esters is 1. The van der Waals surface area contributed by atoms with Gasteiger partial charge in [0.2, 0.25) is 5.88 Å². The topological polar surface area (TPSA) is 94.8 Å². The Morgan fingerprint density at radius 3 is 2.38 bits per heavy atom. The molecule has 1 heterocycles. The molecule has 7 nitrogen and oxygen atoms in total. The van der Waals surface area contributed by atoms with Gasteiger partial charge in [-0.15, -0.1) is 0 Å². The summed E-state index contributed by atoms with van der Waals surface area (Å²) < 4.78 is 15.4. The lowest BCUT2D eigenvalue weighted by atomic mass is 10.1. The molecule has 0 atom stereocenters. The third kappa shape index (κ3) is 3.81. The van der Waals surface area contributed by atoms with E-state index in [1.54, 1.807) is 37.3 Å². The Labute approximate surface area is 138 Å². The highest BCUT2D eigenvalue weighted by atomic mass is 16.6. The van der Waals surface area contributed by atoms with Gasteiger partial charge in [0, 0.05) is 0 Å². The van der Waals surface area contributed by atoms with Crippen LogP contribution < -0.4 is 10.1 Å². The SMILES string of the molecule is CCOC(=O)c1c(NC(=O)Oc2ccccc2)oc(C)c1C(C)=O. The Morgan fingerprint density at radius 2 is 1.79 bits per heavy atom. The summed E-state index contributed by atoms with van der Waals surface area (Å²) in [4.78, 5) is 35.9. The Balaban J connectivity index is 2.29. The molecule has 24 heavy (non-hydrogen) atoms. The first-order chi connectivity index (χ1) is 11.4. The van der Waals surface area contributed by atoms with Crippen molar-refractivity contribution >= 4 is 23.7 Å². The fraction of sp³-hybridized carbons (Fsp3) is 0.235. The molecule has 0 unspecified atom stereocenters. The molecule has 1 amide bonds. The van der Waals surface area contributed by atoms with Crippen molar-refractivity contribution < 1.29 is 28.3 Å². The lowest BCUT2D eigenvalue weighted by molar-refractivity contribution is 0.0524. The van der Waals surface area contributed by atoms with Gasteiger partial charge in [0.1, 0.15) is 17.1 Å². The van der Waals surface area contributed by atoms with Crippen molar-refractivity contribution in [2.75, 3.05) is 11.9 Å². The molecule has 1 aromatic carbocycles. The van der Waals surface area contributed by atoms with E-state index in [0.29, 0.717) is 5.75 Å². The van der Waals surface area contributed by atoms with Crippen LogP contribution in [0.25, 0.3) is 0 Å². The summed E-state index contributed by atoms with van der Waals surface area (Å²) in [6.07, 6.45) is -0.851. The number of furan rings is 1. The summed E-state index contributed by atoms with van der Waals surface area (Å²) in [5.41, 5.74) is -0.0460. The van der Waals surface area contributed by atoms with Gasteiger partial charge in [0.25, 0.3) is 0 Å². The molecule has 0 fully saturated rings. The van der Waals surface area contributed by atoms with Crippen molar-refractivity contribution in [1.82, 2.24) is 0 Å². The van der Waals surface area contributed by atoms with Crippen LogP contribution in [-0.4, -0.2) is 24.5 Å². The van der Waals surface area contributed by atoms with Gasteiger partial charge in [-0.3, -0.25) is 10.1 Å². The molecule has 0 aliphatic rings. The van der Waals surface area contributed by atoms with E-state index in [9.17, 15) is 14.4 Å². The van der Waals surface area contributed by atoms with Gasteiger partial charge in [0.15, 0.2) is 5.78 Å². The number of carbonyl (C=O) groups excluding carboxylic acids is 3. The van der Waals surface area contributed by atoms with Gasteiger partial charge in [0.05, 0.1) is 12.2 Å². The van der Waals surface area contributed by atoms with Crippen LogP contribution in [0, 0.1) is 6.92 Å². The average molecular weight is 331 g/mol. The zero-order chi connectivity index (χ0) is 17.7. The summed E-state index contributed by atoms with van der Waals surface area (Å²) in [6, 6.07) is 8.38. The summed E-state index contributed by atoms with van der Waals surface area (Å²) in [6.45, 7) is 4.57. The van der Waals surface area contributed by atoms with E-state index in [0.717, 1.165) is 0 Å². The number of anilines is 1. The van der Waals surface area contributed by atoms with E-state index < -0.39 is 12.1 Å². The molecule has 2 aromatic rings. The quantitative estimate of drug-likeness (QED) is 0.664. The molecule has 2 rings (SSSR count). The first-order valence-corrected chi connectivity index (χ1v) is 7.29. The molecule has 0 aliphatic carbocycles. The molecule has 126 valence electrons. The number of nitrogens with one attached hydrogen (secondary N) is 1. The van der Waals surface area contributed by atoms with E-state index in [1.807, 2.05) is 0 Å². The van der Waals surface area contributed by atoms with E-state index in [2.05, 4.69) is 5.32 Å².